The van der Waals surface area contributed by atoms with Crippen LogP contribution in [0.4, 0.5) is 5.69 Å². The van der Waals surface area contributed by atoms with E-state index in [-0.39, 0.29) is 0 Å². The van der Waals surface area contributed by atoms with Gasteiger partial charge in [-0.15, -0.1) is 0 Å². The van der Waals surface area contributed by atoms with E-state index in [2.05, 4.69) is 10.3 Å². The van der Waals surface area contributed by atoms with Gasteiger partial charge in [-0.05, 0) is 35.9 Å². The number of hydrogen-bond donors (Lipinski definition) is 2. The van der Waals surface area contributed by atoms with Crippen LogP contribution in [-0.4, -0.2) is 10.1 Å². The van der Waals surface area contributed by atoms with Gasteiger partial charge < -0.3 is 10.4 Å². The molecule has 3 rings (SSSR count). The SMILES string of the molecule is Cc1ncccc1NCc1c(O)ccc2ccccc12. The Morgan fingerprint density at radius 2 is 1.90 bits per heavy atom. The Labute approximate surface area is 117 Å². The van der Waals surface area contributed by atoms with E-state index < -0.39 is 0 Å². The summed E-state index contributed by atoms with van der Waals surface area (Å²) in [5, 5.41) is 15.6. The molecule has 0 saturated carbocycles. The van der Waals surface area contributed by atoms with Crippen molar-refractivity contribution in [2.75, 3.05) is 5.32 Å². The lowest BCUT2D eigenvalue weighted by atomic mass is 10.0. The fourth-order valence-electron chi connectivity index (χ4n) is 2.36. The minimum atomic E-state index is 0.317. The number of aryl methyl sites for hydroxylation is 1. The minimum Gasteiger partial charge on any atom is -0.508 e. The Morgan fingerprint density at radius 3 is 2.75 bits per heavy atom. The maximum absolute atomic E-state index is 10.1. The van der Waals surface area contributed by atoms with Crippen molar-refractivity contribution in [3.05, 3.63) is 66.0 Å². The van der Waals surface area contributed by atoms with Gasteiger partial charge in [0.2, 0.25) is 0 Å². The molecule has 3 heteroatoms. The van der Waals surface area contributed by atoms with Gasteiger partial charge in [-0.2, -0.15) is 0 Å². The van der Waals surface area contributed by atoms with E-state index in [0.29, 0.717) is 12.3 Å². The third-order valence-electron chi connectivity index (χ3n) is 3.48. The maximum atomic E-state index is 10.1. The fourth-order valence-corrected chi connectivity index (χ4v) is 2.36. The van der Waals surface area contributed by atoms with Gasteiger partial charge in [0.1, 0.15) is 5.75 Å². The molecule has 0 aliphatic rings. The average molecular weight is 264 g/mol. The summed E-state index contributed by atoms with van der Waals surface area (Å²) in [6.07, 6.45) is 1.77. The highest BCUT2D eigenvalue weighted by atomic mass is 16.3. The van der Waals surface area contributed by atoms with Crippen molar-refractivity contribution in [2.45, 2.75) is 13.5 Å². The lowest BCUT2D eigenvalue weighted by molar-refractivity contribution is 0.470. The molecule has 20 heavy (non-hydrogen) atoms. The van der Waals surface area contributed by atoms with Crippen LogP contribution in [0.2, 0.25) is 0 Å². The Balaban J connectivity index is 1.95. The van der Waals surface area contributed by atoms with Gasteiger partial charge in [-0.1, -0.05) is 30.3 Å². The van der Waals surface area contributed by atoms with E-state index in [1.165, 1.54) is 0 Å². The number of nitrogens with zero attached hydrogens (tertiary/aromatic N) is 1. The molecule has 0 atom stereocenters. The predicted molar refractivity (Wildman–Crippen MR) is 81.9 cm³/mol. The van der Waals surface area contributed by atoms with Gasteiger partial charge in [-0.3, -0.25) is 4.98 Å². The number of anilines is 1. The van der Waals surface area contributed by atoms with Crippen molar-refractivity contribution in [2.24, 2.45) is 0 Å². The first kappa shape index (κ1) is 12.5. The zero-order valence-electron chi connectivity index (χ0n) is 11.3. The van der Waals surface area contributed by atoms with Crippen LogP contribution in [-0.2, 0) is 6.54 Å². The summed E-state index contributed by atoms with van der Waals surface area (Å²) in [6, 6.07) is 15.6. The lowest BCUT2D eigenvalue weighted by Crippen LogP contribution is -2.02. The number of aromatic nitrogens is 1. The van der Waals surface area contributed by atoms with Gasteiger partial charge in [0, 0.05) is 18.3 Å². The van der Waals surface area contributed by atoms with Crippen LogP contribution in [0.3, 0.4) is 0 Å². The van der Waals surface area contributed by atoms with Crippen molar-refractivity contribution in [3.8, 4) is 5.75 Å². The third kappa shape index (κ3) is 2.30. The molecule has 2 N–H and O–H groups in total. The molecule has 1 heterocycles. The summed E-state index contributed by atoms with van der Waals surface area (Å²) in [7, 11) is 0. The van der Waals surface area contributed by atoms with Crippen molar-refractivity contribution >= 4 is 16.5 Å². The van der Waals surface area contributed by atoms with E-state index in [1.807, 2.05) is 49.4 Å². The second kappa shape index (κ2) is 5.21. The first-order chi connectivity index (χ1) is 9.75. The number of phenolic OH excluding ortho intramolecular Hbond substituents is 1. The summed E-state index contributed by atoms with van der Waals surface area (Å²) in [6.45, 7) is 2.53. The summed E-state index contributed by atoms with van der Waals surface area (Å²) in [4.78, 5) is 4.25. The molecule has 2 aromatic carbocycles. The van der Waals surface area contributed by atoms with Crippen molar-refractivity contribution in [1.29, 1.82) is 0 Å². The Kier molecular flexibility index (Phi) is 3.25. The van der Waals surface area contributed by atoms with E-state index in [4.69, 9.17) is 0 Å². The molecule has 0 spiro atoms. The molecular formula is C17H16N2O. The molecule has 0 fully saturated rings. The number of phenols is 1. The van der Waals surface area contributed by atoms with E-state index in [0.717, 1.165) is 27.7 Å². The number of aromatic hydroxyl groups is 1. The van der Waals surface area contributed by atoms with Crippen molar-refractivity contribution in [1.82, 2.24) is 4.98 Å². The Morgan fingerprint density at radius 1 is 1.05 bits per heavy atom. The third-order valence-corrected chi connectivity index (χ3v) is 3.48. The number of nitrogens with one attached hydrogen (secondary N) is 1. The van der Waals surface area contributed by atoms with Crippen LogP contribution >= 0.6 is 0 Å². The van der Waals surface area contributed by atoms with E-state index >= 15 is 0 Å². The second-order valence-electron chi connectivity index (χ2n) is 4.77. The first-order valence-corrected chi connectivity index (χ1v) is 6.61. The van der Waals surface area contributed by atoms with Crippen LogP contribution in [0.25, 0.3) is 10.8 Å². The largest absolute Gasteiger partial charge is 0.508 e. The van der Waals surface area contributed by atoms with Crippen LogP contribution < -0.4 is 5.32 Å². The monoisotopic (exact) mass is 264 g/mol. The predicted octanol–water partition coefficient (Wildman–Crippen LogP) is 3.86. The van der Waals surface area contributed by atoms with Gasteiger partial charge in [-0.25, -0.2) is 0 Å². The van der Waals surface area contributed by atoms with Crippen LogP contribution in [0, 0.1) is 6.92 Å². The van der Waals surface area contributed by atoms with Gasteiger partial charge in [0.25, 0.3) is 0 Å². The quantitative estimate of drug-likeness (QED) is 0.755. The number of pyridine rings is 1. The molecule has 100 valence electrons. The molecule has 0 amide bonds. The molecular weight excluding hydrogens is 248 g/mol. The molecule has 0 unspecified atom stereocenters. The highest BCUT2D eigenvalue weighted by molar-refractivity contribution is 5.87. The summed E-state index contributed by atoms with van der Waals surface area (Å²) >= 11 is 0. The minimum absolute atomic E-state index is 0.317. The summed E-state index contributed by atoms with van der Waals surface area (Å²) < 4.78 is 0. The highest BCUT2D eigenvalue weighted by Crippen LogP contribution is 2.28. The zero-order chi connectivity index (χ0) is 13.9. The second-order valence-corrected chi connectivity index (χ2v) is 4.77. The summed E-state index contributed by atoms with van der Waals surface area (Å²) in [5.74, 6) is 0.317. The molecule has 0 aliphatic carbocycles. The standard InChI is InChI=1S/C17H16N2O/c1-12-16(7-4-10-18-12)19-11-15-14-6-3-2-5-13(14)8-9-17(15)20/h2-10,19-20H,11H2,1H3. The Hall–Kier alpha value is -2.55. The molecule has 3 nitrogen and oxygen atoms in total. The topological polar surface area (TPSA) is 45.2 Å². The smallest absolute Gasteiger partial charge is 0.121 e. The fraction of sp³-hybridized carbons (Fsp3) is 0.118. The summed E-state index contributed by atoms with van der Waals surface area (Å²) in [5.41, 5.74) is 2.85. The normalized spacial score (nSPS) is 10.7. The van der Waals surface area contributed by atoms with Crippen LogP contribution in [0.15, 0.2) is 54.7 Å². The molecule has 0 bridgehead atoms. The molecule has 0 aliphatic heterocycles. The number of fused-ring (bicyclic) bond motifs is 1. The van der Waals surface area contributed by atoms with Crippen molar-refractivity contribution in [3.63, 3.8) is 0 Å². The van der Waals surface area contributed by atoms with E-state index in [9.17, 15) is 5.11 Å². The molecule has 0 radical (unpaired) electrons. The van der Waals surface area contributed by atoms with Crippen LogP contribution in [0.5, 0.6) is 5.75 Å². The first-order valence-electron chi connectivity index (χ1n) is 6.61. The number of hydrogen-bond acceptors (Lipinski definition) is 3. The van der Waals surface area contributed by atoms with Crippen molar-refractivity contribution < 1.29 is 5.11 Å². The molecule has 1 aromatic heterocycles. The van der Waals surface area contributed by atoms with Gasteiger partial charge in [0.05, 0.1) is 11.4 Å². The molecule has 3 aromatic rings. The Bertz CT molecular complexity index is 753. The highest BCUT2D eigenvalue weighted by Gasteiger charge is 2.07. The van der Waals surface area contributed by atoms with Gasteiger partial charge in [0.15, 0.2) is 0 Å². The lowest BCUT2D eigenvalue weighted by Gasteiger charge is -2.12. The van der Waals surface area contributed by atoms with Crippen LogP contribution in [0.1, 0.15) is 11.3 Å². The molecule has 0 saturated heterocycles. The number of rotatable bonds is 3. The maximum Gasteiger partial charge on any atom is 0.121 e. The zero-order valence-corrected chi connectivity index (χ0v) is 11.3. The number of benzene rings is 2. The average Bonchev–Trinajstić information content (AvgIpc) is 2.48. The van der Waals surface area contributed by atoms with Gasteiger partial charge >= 0.3 is 0 Å². The van der Waals surface area contributed by atoms with E-state index in [1.54, 1.807) is 12.3 Å².